The van der Waals surface area contributed by atoms with Crippen LogP contribution in [-0.2, 0) is 14.4 Å². The molecule has 0 bridgehead atoms. The van der Waals surface area contributed by atoms with Crippen LogP contribution in [0.4, 0.5) is 0 Å². The van der Waals surface area contributed by atoms with E-state index in [-0.39, 0.29) is 17.6 Å². The molecule has 2 N–H and O–H groups in total. The lowest BCUT2D eigenvalue weighted by atomic mass is 10.0. The predicted molar refractivity (Wildman–Crippen MR) is 63.2 cm³/mol. The number of carbonyl (C=O) groups excluding carboxylic acids is 3. The topological polar surface area (TPSA) is 75.3 Å². The van der Waals surface area contributed by atoms with E-state index in [1.807, 2.05) is 13.8 Å². The fraction of sp³-hybridized carbons (Fsp3) is 0.750. The zero-order valence-corrected chi connectivity index (χ0v) is 10.6. The summed E-state index contributed by atoms with van der Waals surface area (Å²) in [5.74, 6) is -0.0659. The third-order valence-electron chi connectivity index (χ3n) is 2.83. The van der Waals surface area contributed by atoms with Gasteiger partial charge in [0.05, 0.1) is 6.04 Å². The molecule has 1 aliphatic rings. The fourth-order valence-electron chi connectivity index (χ4n) is 1.88. The molecule has 2 atom stereocenters. The Bertz CT molecular complexity index is 326. The van der Waals surface area contributed by atoms with Crippen LogP contribution in [0.5, 0.6) is 0 Å². The molecule has 1 rings (SSSR count). The van der Waals surface area contributed by atoms with E-state index in [0.29, 0.717) is 25.2 Å². The van der Waals surface area contributed by atoms with Crippen LogP contribution in [0.15, 0.2) is 0 Å². The molecule has 0 saturated carbocycles. The molecule has 1 saturated heterocycles. The highest BCUT2D eigenvalue weighted by Crippen LogP contribution is 2.09. The minimum absolute atomic E-state index is 0.0450. The molecule has 0 spiro atoms. The third-order valence-corrected chi connectivity index (χ3v) is 2.83. The van der Waals surface area contributed by atoms with Crippen molar-refractivity contribution in [2.24, 2.45) is 5.92 Å². The molecule has 5 nitrogen and oxygen atoms in total. The maximum atomic E-state index is 11.8. The molecule has 1 fully saturated rings. The molecule has 96 valence electrons. The largest absolute Gasteiger partial charge is 0.345 e. The highest BCUT2D eigenvalue weighted by Gasteiger charge is 2.29. The van der Waals surface area contributed by atoms with E-state index in [2.05, 4.69) is 10.6 Å². The molecule has 0 aromatic heterocycles. The smallest absolute Gasteiger partial charge is 0.243 e. The van der Waals surface area contributed by atoms with E-state index < -0.39 is 12.1 Å². The predicted octanol–water partition coefficient (Wildman–Crippen LogP) is 0.385. The Kier molecular flexibility index (Phi) is 4.66. The first-order valence-electron chi connectivity index (χ1n) is 6.00. The van der Waals surface area contributed by atoms with Crippen LogP contribution in [0.3, 0.4) is 0 Å². The maximum Gasteiger partial charge on any atom is 0.243 e. The van der Waals surface area contributed by atoms with Crippen LogP contribution >= 0.6 is 0 Å². The van der Waals surface area contributed by atoms with Crippen LogP contribution in [0.2, 0.25) is 0 Å². The number of Topliss-reactive ketones (excluding diaryl/α,β-unsaturated/α-hetero) is 1. The van der Waals surface area contributed by atoms with Gasteiger partial charge in [-0.3, -0.25) is 14.4 Å². The number of hydrogen-bond donors (Lipinski definition) is 2. The Morgan fingerprint density at radius 1 is 1.47 bits per heavy atom. The molecule has 0 unspecified atom stereocenters. The van der Waals surface area contributed by atoms with Crippen molar-refractivity contribution in [3.05, 3.63) is 0 Å². The second kappa shape index (κ2) is 5.80. The Morgan fingerprint density at radius 3 is 2.53 bits per heavy atom. The minimum Gasteiger partial charge on any atom is -0.345 e. The van der Waals surface area contributed by atoms with Gasteiger partial charge in [0, 0.05) is 6.42 Å². The summed E-state index contributed by atoms with van der Waals surface area (Å²) in [5.41, 5.74) is 0. The molecular formula is C12H20N2O3. The summed E-state index contributed by atoms with van der Waals surface area (Å²) in [4.78, 5) is 34.2. The number of nitrogens with one attached hydrogen (secondary N) is 2. The average Bonchev–Trinajstić information content (AvgIpc) is 2.63. The molecule has 1 heterocycles. The second-order valence-electron chi connectivity index (χ2n) is 4.96. The van der Waals surface area contributed by atoms with Gasteiger partial charge >= 0.3 is 0 Å². The highest BCUT2D eigenvalue weighted by molar-refractivity contribution is 5.93. The molecule has 0 aliphatic carbocycles. The second-order valence-corrected chi connectivity index (χ2v) is 4.96. The summed E-state index contributed by atoms with van der Waals surface area (Å²) in [6, 6.07) is -0.920. The normalized spacial score (nSPS) is 21.2. The zero-order chi connectivity index (χ0) is 13.0. The van der Waals surface area contributed by atoms with Crippen molar-refractivity contribution >= 4 is 17.6 Å². The van der Waals surface area contributed by atoms with Crippen LogP contribution in [0, 0.1) is 5.92 Å². The molecule has 0 aromatic rings. The van der Waals surface area contributed by atoms with E-state index in [9.17, 15) is 14.4 Å². The first-order chi connectivity index (χ1) is 7.90. The van der Waals surface area contributed by atoms with Crippen molar-refractivity contribution in [2.45, 2.75) is 52.1 Å². The first-order valence-corrected chi connectivity index (χ1v) is 6.00. The monoisotopic (exact) mass is 240 g/mol. The van der Waals surface area contributed by atoms with Gasteiger partial charge in [0.15, 0.2) is 5.78 Å². The maximum absolute atomic E-state index is 11.8. The van der Waals surface area contributed by atoms with Crippen LogP contribution in [-0.4, -0.2) is 29.7 Å². The Balaban J connectivity index is 2.52. The quantitative estimate of drug-likeness (QED) is 0.729. The van der Waals surface area contributed by atoms with Gasteiger partial charge in [0.2, 0.25) is 11.8 Å². The van der Waals surface area contributed by atoms with Crippen LogP contribution in [0.25, 0.3) is 0 Å². The van der Waals surface area contributed by atoms with E-state index in [1.54, 1.807) is 0 Å². The van der Waals surface area contributed by atoms with Gasteiger partial charge in [0.25, 0.3) is 0 Å². The summed E-state index contributed by atoms with van der Waals surface area (Å²) < 4.78 is 0. The number of amides is 2. The van der Waals surface area contributed by atoms with Gasteiger partial charge in [-0.2, -0.15) is 0 Å². The Morgan fingerprint density at radius 2 is 2.12 bits per heavy atom. The minimum atomic E-state index is -0.475. The molecule has 1 aliphatic heterocycles. The first kappa shape index (κ1) is 13.7. The van der Waals surface area contributed by atoms with Crippen molar-refractivity contribution in [1.29, 1.82) is 0 Å². The van der Waals surface area contributed by atoms with Crippen molar-refractivity contribution in [1.82, 2.24) is 10.6 Å². The molecular weight excluding hydrogens is 220 g/mol. The van der Waals surface area contributed by atoms with E-state index in [4.69, 9.17) is 0 Å². The SMILES string of the molecule is CC(=O)[C@H](CC(C)C)NC(=O)[C@@H]1CCC(=O)N1. The Labute approximate surface area is 101 Å². The molecule has 5 heteroatoms. The number of rotatable bonds is 5. The zero-order valence-electron chi connectivity index (χ0n) is 10.6. The van der Waals surface area contributed by atoms with Gasteiger partial charge in [-0.1, -0.05) is 13.8 Å². The lowest BCUT2D eigenvalue weighted by molar-refractivity contribution is -0.129. The van der Waals surface area contributed by atoms with Crippen LogP contribution in [0.1, 0.15) is 40.0 Å². The van der Waals surface area contributed by atoms with Gasteiger partial charge in [-0.05, 0) is 25.7 Å². The summed E-state index contributed by atoms with van der Waals surface area (Å²) in [7, 11) is 0. The van der Waals surface area contributed by atoms with Crippen molar-refractivity contribution in [3.8, 4) is 0 Å². The van der Waals surface area contributed by atoms with Gasteiger partial charge in [0.1, 0.15) is 6.04 Å². The molecule has 0 radical (unpaired) electrons. The summed E-state index contributed by atoms with van der Waals surface area (Å²) >= 11 is 0. The fourth-order valence-corrected chi connectivity index (χ4v) is 1.88. The third kappa shape index (κ3) is 4.17. The average molecular weight is 240 g/mol. The Hall–Kier alpha value is -1.39. The number of hydrogen-bond acceptors (Lipinski definition) is 3. The van der Waals surface area contributed by atoms with Gasteiger partial charge in [-0.25, -0.2) is 0 Å². The standard InChI is InChI=1S/C12H20N2O3/c1-7(2)6-10(8(3)15)14-12(17)9-4-5-11(16)13-9/h7,9-10H,4-6H2,1-3H3,(H,13,16)(H,14,17)/t9-,10-/m0/s1. The van der Waals surface area contributed by atoms with Gasteiger partial charge in [-0.15, -0.1) is 0 Å². The molecule has 0 aromatic carbocycles. The molecule has 2 amide bonds. The van der Waals surface area contributed by atoms with E-state index in [1.165, 1.54) is 6.92 Å². The van der Waals surface area contributed by atoms with E-state index in [0.717, 1.165) is 0 Å². The summed E-state index contributed by atoms with van der Waals surface area (Å²) in [5, 5.41) is 5.30. The number of carbonyl (C=O) groups is 3. The van der Waals surface area contributed by atoms with Crippen molar-refractivity contribution in [2.75, 3.05) is 0 Å². The summed E-state index contributed by atoms with van der Waals surface area (Å²) in [6.07, 6.45) is 1.52. The van der Waals surface area contributed by atoms with Crippen molar-refractivity contribution < 1.29 is 14.4 Å². The lowest BCUT2D eigenvalue weighted by Gasteiger charge is -2.20. The molecule has 17 heavy (non-hydrogen) atoms. The lowest BCUT2D eigenvalue weighted by Crippen LogP contribution is -2.48. The highest BCUT2D eigenvalue weighted by atomic mass is 16.2. The number of ketones is 1. The van der Waals surface area contributed by atoms with Crippen LogP contribution < -0.4 is 10.6 Å². The van der Waals surface area contributed by atoms with Gasteiger partial charge < -0.3 is 10.6 Å². The van der Waals surface area contributed by atoms with Crippen molar-refractivity contribution in [3.63, 3.8) is 0 Å². The van der Waals surface area contributed by atoms with E-state index >= 15 is 0 Å². The summed E-state index contributed by atoms with van der Waals surface area (Å²) in [6.45, 7) is 5.47.